The van der Waals surface area contributed by atoms with Gasteiger partial charge in [-0.05, 0) is 52.7 Å². The van der Waals surface area contributed by atoms with E-state index >= 15 is 0 Å². The van der Waals surface area contributed by atoms with Gasteiger partial charge in [0, 0.05) is 12.7 Å². The highest BCUT2D eigenvalue weighted by Gasteiger charge is 2.13. The summed E-state index contributed by atoms with van der Waals surface area (Å²) in [6, 6.07) is 11.7. The van der Waals surface area contributed by atoms with Crippen LogP contribution in [0.25, 0.3) is 5.65 Å². The Morgan fingerprint density at radius 3 is 2.90 bits per heavy atom. The summed E-state index contributed by atoms with van der Waals surface area (Å²) in [5.74, 6) is 1.27. The normalized spacial score (nSPS) is 10.9. The van der Waals surface area contributed by atoms with Crippen molar-refractivity contribution in [2.24, 2.45) is 5.73 Å². The van der Waals surface area contributed by atoms with Crippen LogP contribution in [0.3, 0.4) is 0 Å². The van der Waals surface area contributed by atoms with Gasteiger partial charge in [0.25, 0.3) is 0 Å². The van der Waals surface area contributed by atoms with E-state index in [1.807, 2.05) is 53.9 Å². The number of pyridine rings is 1. The molecular weight excluding hydrogens is 318 g/mol. The molecule has 3 rings (SSSR count). The number of benzene rings is 1. The summed E-state index contributed by atoms with van der Waals surface area (Å²) in [5, 5.41) is 0. The molecule has 0 atom stereocenters. The fourth-order valence-corrected chi connectivity index (χ4v) is 2.66. The van der Waals surface area contributed by atoms with E-state index in [4.69, 9.17) is 10.5 Å². The number of fused-ring (bicyclic) bond motifs is 1. The maximum Gasteiger partial charge on any atom is 0.242 e. The molecule has 0 aliphatic carbocycles. The number of rotatable bonds is 3. The molecule has 102 valence electrons. The first-order valence-corrected chi connectivity index (χ1v) is 7.08. The van der Waals surface area contributed by atoms with E-state index < -0.39 is 0 Å². The van der Waals surface area contributed by atoms with Crippen molar-refractivity contribution in [2.45, 2.75) is 13.5 Å². The largest absolute Gasteiger partial charge is 0.436 e. The van der Waals surface area contributed by atoms with Gasteiger partial charge < -0.3 is 10.5 Å². The number of hydrogen-bond donors (Lipinski definition) is 1. The SMILES string of the molecule is Cc1ccc(Oc2nc3ccccn3c2CN)c(Br)c1. The highest BCUT2D eigenvalue weighted by Crippen LogP contribution is 2.32. The van der Waals surface area contributed by atoms with Crippen LogP contribution in [0.2, 0.25) is 0 Å². The molecule has 0 bridgehead atoms. The molecule has 2 heterocycles. The second kappa shape index (κ2) is 5.26. The quantitative estimate of drug-likeness (QED) is 0.796. The van der Waals surface area contributed by atoms with E-state index in [0.717, 1.165) is 21.6 Å². The van der Waals surface area contributed by atoms with Crippen LogP contribution in [0.1, 0.15) is 11.3 Å². The standard InChI is InChI=1S/C15H14BrN3O/c1-10-5-6-13(11(16)8-10)20-15-12(9-17)19-7-3-2-4-14(19)18-15/h2-8H,9,17H2,1H3. The Hall–Kier alpha value is -1.85. The smallest absolute Gasteiger partial charge is 0.242 e. The number of nitrogens with zero attached hydrogens (tertiary/aromatic N) is 2. The fraction of sp³-hybridized carbons (Fsp3) is 0.133. The van der Waals surface area contributed by atoms with Gasteiger partial charge in [-0.2, -0.15) is 4.98 Å². The number of ether oxygens (including phenoxy) is 1. The van der Waals surface area contributed by atoms with Crippen molar-refractivity contribution >= 4 is 21.6 Å². The summed E-state index contributed by atoms with van der Waals surface area (Å²) >= 11 is 3.50. The number of imidazole rings is 1. The molecule has 2 aromatic heterocycles. The highest BCUT2D eigenvalue weighted by atomic mass is 79.9. The van der Waals surface area contributed by atoms with Gasteiger partial charge in [0.05, 0.1) is 4.47 Å². The van der Waals surface area contributed by atoms with Gasteiger partial charge in [-0.25, -0.2) is 0 Å². The van der Waals surface area contributed by atoms with Crippen molar-refractivity contribution in [3.63, 3.8) is 0 Å². The number of hydrogen-bond acceptors (Lipinski definition) is 3. The minimum atomic E-state index is 0.365. The van der Waals surface area contributed by atoms with Crippen LogP contribution >= 0.6 is 15.9 Å². The Bertz CT molecular complexity index is 767. The summed E-state index contributed by atoms with van der Waals surface area (Å²) in [7, 11) is 0. The molecule has 0 saturated heterocycles. The molecule has 5 heteroatoms. The monoisotopic (exact) mass is 331 g/mol. The summed E-state index contributed by atoms with van der Waals surface area (Å²) in [5.41, 5.74) is 8.67. The highest BCUT2D eigenvalue weighted by molar-refractivity contribution is 9.10. The lowest BCUT2D eigenvalue weighted by Crippen LogP contribution is -2.02. The molecule has 0 aliphatic heterocycles. The summed E-state index contributed by atoms with van der Waals surface area (Å²) in [6.45, 7) is 2.40. The molecule has 2 N–H and O–H groups in total. The Balaban J connectivity index is 2.06. The lowest BCUT2D eigenvalue weighted by atomic mass is 10.2. The Labute approximate surface area is 125 Å². The van der Waals surface area contributed by atoms with E-state index in [9.17, 15) is 0 Å². The predicted molar refractivity (Wildman–Crippen MR) is 82.0 cm³/mol. The summed E-state index contributed by atoms with van der Waals surface area (Å²) in [4.78, 5) is 4.48. The van der Waals surface area contributed by atoms with Gasteiger partial charge in [0.1, 0.15) is 17.1 Å². The van der Waals surface area contributed by atoms with E-state index in [1.165, 1.54) is 5.56 Å². The number of aromatic nitrogens is 2. The third kappa shape index (κ3) is 2.30. The van der Waals surface area contributed by atoms with E-state index in [0.29, 0.717) is 12.4 Å². The molecule has 1 aromatic carbocycles. The molecule has 0 amide bonds. The van der Waals surface area contributed by atoms with Crippen molar-refractivity contribution in [1.29, 1.82) is 0 Å². The molecule has 0 spiro atoms. The van der Waals surface area contributed by atoms with Crippen molar-refractivity contribution in [3.8, 4) is 11.6 Å². The maximum absolute atomic E-state index is 5.91. The van der Waals surface area contributed by atoms with Crippen molar-refractivity contribution < 1.29 is 4.74 Å². The first kappa shape index (κ1) is 13.1. The van der Waals surface area contributed by atoms with Crippen molar-refractivity contribution in [1.82, 2.24) is 9.38 Å². The van der Waals surface area contributed by atoms with Crippen LogP contribution in [0.15, 0.2) is 47.1 Å². The summed E-state index contributed by atoms with van der Waals surface area (Å²) < 4.78 is 8.75. The number of nitrogens with two attached hydrogens (primary N) is 1. The minimum Gasteiger partial charge on any atom is -0.436 e. The Morgan fingerprint density at radius 2 is 2.15 bits per heavy atom. The van der Waals surface area contributed by atoms with Crippen LogP contribution in [0.4, 0.5) is 0 Å². The van der Waals surface area contributed by atoms with Crippen LogP contribution in [-0.2, 0) is 6.54 Å². The van der Waals surface area contributed by atoms with Crippen molar-refractivity contribution in [2.75, 3.05) is 0 Å². The molecule has 20 heavy (non-hydrogen) atoms. The molecule has 0 aliphatic rings. The predicted octanol–water partition coefficient (Wildman–Crippen LogP) is 3.66. The molecule has 0 radical (unpaired) electrons. The van der Waals surface area contributed by atoms with Gasteiger partial charge in [-0.15, -0.1) is 0 Å². The van der Waals surface area contributed by atoms with Crippen LogP contribution in [0.5, 0.6) is 11.6 Å². The topological polar surface area (TPSA) is 52.5 Å². The van der Waals surface area contributed by atoms with Gasteiger partial charge in [-0.3, -0.25) is 4.40 Å². The third-order valence-corrected chi connectivity index (χ3v) is 3.70. The molecule has 0 unspecified atom stereocenters. The van der Waals surface area contributed by atoms with E-state index in [-0.39, 0.29) is 0 Å². The number of aryl methyl sites for hydroxylation is 1. The maximum atomic E-state index is 5.91. The average Bonchev–Trinajstić information content (AvgIpc) is 2.79. The fourth-order valence-electron chi connectivity index (χ4n) is 2.09. The van der Waals surface area contributed by atoms with Crippen LogP contribution in [-0.4, -0.2) is 9.38 Å². The van der Waals surface area contributed by atoms with Crippen LogP contribution in [0, 0.1) is 6.92 Å². The zero-order chi connectivity index (χ0) is 14.1. The van der Waals surface area contributed by atoms with Gasteiger partial charge >= 0.3 is 0 Å². The molecule has 3 aromatic rings. The second-order valence-electron chi connectivity index (χ2n) is 4.53. The molecule has 0 fully saturated rings. The Morgan fingerprint density at radius 1 is 1.30 bits per heavy atom. The van der Waals surface area contributed by atoms with Gasteiger partial charge in [0.2, 0.25) is 5.88 Å². The average molecular weight is 332 g/mol. The first-order chi connectivity index (χ1) is 9.69. The lowest BCUT2D eigenvalue weighted by Gasteiger charge is -2.07. The zero-order valence-corrected chi connectivity index (χ0v) is 12.6. The zero-order valence-electron chi connectivity index (χ0n) is 11.0. The molecular formula is C15H14BrN3O. The van der Waals surface area contributed by atoms with E-state index in [2.05, 4.69) is 20.9 Å². The molecule has 4 nitrogen and oxygen atoms in total. The lowest BCUT2D eigenvalue weighted by molar-refractivity contribution is 0.456. The second-order valence-corrected chi connectivity index (χ2v) is 5.39. The van der Waals surface area contributed by atoms with E-state index in [1.54, 1.807) is 0 Å². The van der Waals surface area contributed by atoms with Gasteiger partial charge in [0.15, 0.2) is 0 Å². The summed E-state index contributed by atoms with van der Waals surface area (Å²) in [6.07, 6.45) is 1.93. The van der Waals surface area contributed by atoms with Crippen LogP contribution < -0.4 is 10.5 Å². The minimum absolute atomic E-state index is 0.365. The third-order valence-electron chi connectivity index (χ3n) is 3.08. The van der Waals surface area contributed by atoms with Crippen molar-refractivity contribution in [3.05, 3.63) is 58.3 Å². The van der Waals surface area contributed by atoms with Gasteiger partial charge in [-0.1, -0.05) is 12.1 Å². The molecule has 0 saturated carbocycles. The Kier molecular flexibility index (Phi) is 3.46. The first-order valence-electron chi connectivity index (χ1n) is 6.29. The number of halogens is 1.